The van der Waals surface area contributed by atoms with Crippen molar-refractivity contribution in [2.45, 2.75) is 26.4 Å². The molecule has 0 aromatic heterocycles. The van der Waals surface area contributed by atoms with Crippen LogP contribution in [-0.2, 0) is 4.74 Å². The van der Waals surface area contributed by atoms with Crippen molar-refractivity contribution in [3.8, 4) is 5.75 Å². The molecule has 8 heteroatoms. The Morgan fingerprint density at radius 3 is 2.50 bits per heavy atom. The van der Waals surface area contributed by atoms with E-state index < -0.39 is 11.6 Å². The predicted molar refractivity (Wildman–Crippen MR) is 102 cm³/mol. The maximum atomic E-state index is 13.1. The van der Waals surface area contributed by atoms with Gasteiger partial charge < -0.3 is 20.1 Å². The zero-order valence-corrected chi connectivity index (χ0v) is 16.8. The molecule has 0 fully saturated rings. The zero-order chi connectivity index (χ0) is 17.3. The average Bonchev–Trinajstić information content (AvgIpc) is 2.52. The summed E-state index contributed by atoms with van der Waals surface area (Å²) in [6, 6.07) is 3.45. The first kappa shape index (κ1) is 22.8. The number of ether oxygens (including phenoxy) is 2. The normalized spacial score (nSPS) is 11.7. The van der Waals surface area contributed by atoms with E-state index >= 15 is 0 Å². The van der Waals surface area contributed by atoms with E-state index in [2.05, 4.69) is 15.6 Å². The Kier molecular flexibility index (Phi) is 10.9. The lowest BCUT2D eigenvalue weighted by Crippen LogP contribution is -2.40. The molecular weight excluding hydrogens is 431 g/mol. The quantitative estimate of drug-likeness (QED) is 0.273. The van der Waals surface area contributed by atoms with Crippen LogP contribution >= 0.6 is 24.0 Å². The number of aliphatic imine (C=N–C) groups is 1. The van der Waals surface area contributed by atoms with Crippen LogP contribution in [0.4, 0.5) is 8.78 Å². The predicted octanol–water partition coefficient (Wildman–Crippen LogP) is 2.94. The Labute approximate surface area is 159 Å². The van der Waals surface area contributed by atoms with E-state index in [1.807, 2.05) is 20.8 Å². The lowest BCUT2D eigenvalue weighted by atomic mass is 10.1. The van der Waals surface area contributed by atoms with Crippen molar-refractivity contribution < 1.29 is 18.3 Å². The van der Waals surface area contributed by atoms with Crippen LogP contribution in [0.2, 0.25) is 0 Å². The van der Waals surface area contributed by atoms with Crippen LogP contribution in [0, 0.1) is 11.6 Å². The van der Waals surface area contributed by atoms with Crippen molar-refractivity contribution in [1.29, 1.82) is 0 Å². The fourth-order valence-corrected chi connectivity index (χ4v) is 1.58. The largest absolute Gasteiger partial charge is 0.492 e. The third-order valence-corrected chi connectivity index (χ3v) is 3.07. The Hall–Kier alpha value is -1.16. The van der Waals surface area contributed by atoms with Gasteiger partial charge in [0.25, 0.3) is 0 Å². The molecule has 0 heterocycles. The summed E-state index contributed by atoms with van der Waals surface area (Å²) in [6.07, 6.45) is 0. The molecule has 0 saturated carbocycles. The molecule has 0 radical (unpaired) electrons. The SMILES string of the molecule is CCNC(=NCC(C)(C)OC)NCCOc1ccc(F)c(F)c1.I. The molecule has 1 aromatic carbocycles. The van der Waals surface area contributed by atoms with Gasteiger partial charge >= 0.3 is 0 Å². The second-order valence-electron chi connectivity index (χ2n) is 5.51. The molecule has 0 aliphatic carbocycles. The fraction of sp³-hybridized carbons (Fsp3) is 0.562. The Morgan fingerprint density at radius 2 is 1.92 bits per heavy atom. The van der Waals surface area contributed by atoms with Crippen molar-refractivity contribution in [3.05, 3.63) is 29.8 Å². The molecule has 0 saturated heterocycles. The highest BCUT2D eigenvalue weighted by molar-refractivity contribution is 14.0. The van der Waals surface area contributed by atoms with Crippen LogP contribution in [0.3, 0.4) is 0 Å². The van der Waals surface area contributed by atoms with Gasteiger partial charge in [-0.1, -0.05) is 0 Å². The lowest BCUT2D eigenvalue weighted by molar-refractivity contribution is 0.0310. The van der Waals surface area contributed by atoms with E-state index in [9.17, 15) is 8.78 Å². The van der Waals surface area contributed by atoms with Crippen molar-refractivity contribution in [3.63, 3.8) is 0 Å². The highest BCUT2D eigenvalue weighted by Gasteiger charge is 2.15. The number of rotatable bonds is 8. The van der Waals surface area contributed by atoms with Crippen LogP contribution in [0.15, 0.2) is 23.2 Å². The summed E-state index contributed by atoms with van der Waals surface area (Å²) in [4.78, 5) is 4.43. The maximum Gasteiger partial charge on any atom is 0.191 e. The third-order valence-electron chi connectivity index (χ3n) is 3.07. The standard InChI is InChI=1S/C16H25F2N3O2.HI/c1-5-19-15(21-11-16(2,3)22-4)20-8-9-23-12-6-7-13(17)14(18)10-12;/h6-7,10H,5,8-9,11H2,1-4H3,(H2,19,20,21);1H. The van der Waals surface area contributed by atoms with Gasteiger partial charge in [0.1, 0.15) is 12.4 Å². The van der Waals surface area contributed by atoms with Gasteiger partial charge in [-0.25, -0.2) is 8.78 Å². The molecule has 0 bridgehead atoms. The van der Waals surface area contributed by atoms with Gasteiger partial charge in [0.2, 0.25) is 0 Å². The van der Waals surface area contributed by atoms with Gasteiger partial charge in [0, 0.05) is 19.7 Å². The van der Waals surface area contributed by atoms with Crippen molar-refractivity contribution in [1.82, 2.24) is 10.6 Å². The van der Waals surface area contributed by atoms with Crippen LogP contribution in [-0.4, -0.2) is 44.9 Å². The second kappa shape index (κ2) is 11.4. The van der Waals surface area contributed by atoms with Gasteiger partial charge in [0.15, 0.2) is 17.6 Å². The summed E-state index contributed by atoms with van der Waals surface area (Å²) < 4.78 is 36.5. The van der Waals surface area contributed by atoms with Crippen molar-refractivity contribution in [2.24, 2.45) is 4.99 Å². The van der Waals surface area contributed by atoms with Crippen molar-refractivity contribution in [2.75, 3.05) is 33.4 Å². The molecule has 24 heavy (non-hydrogen) atoms. The van der Waals surface area contributed by atoms with Crippen LogP contribution in [0.1, 0.15) is 20.8 Å². The highest BCUT2D eigenvalue weighted by atomic mass is 127. The molecule has 1 aromatic rings. The number of halogens is 3. The zero-order valence-electron chi connectivity index (χ0n) is 14.5. The van der Waals surface area contributed by atoms with E-state index in [0.717, 1.165) is 18.7 Å². The third kappa shape index (κ3) is 8.62. The summed E-state index contributed by atoms with van der Waals surface area (Å²) in [5.74, 6) is -0.885. The first-order valence-corrected chi connectivity index (χ1v) is 7.53. The summed E-state index contributed by atoms with van der Waals surface area (Å²) in [5.41, 5.74) is -0.343. The average molecular weight is 457 g/mol. The molecular formula is C16H26F2IN3O2. The molecule has 1 rings (SSSR count). The van der Waals surface area contributed by atoms with Crippen molar-refractivity contribution >= 4 is 29.9 Å². The monoisotopic (exact) mass is 457 g/mol. The van der Waals surface area contributed by atoms with Crippen LogP contribution in [0.25, 0.3) is 0 Å². The van der Waals surface area contributed by atoms with Gasteiger partial charge in [-0.15, -0.1) is 24.0 Å². The van der Waals surface area contributed by atoms with E-state index in [0.29, 0.717) is 25.7 Å². The molecule has 0 unspecified atom stereocenters. The number of nitrogens with zero attached hydrogens (tertiary/aromatic N) is 1. The summed E-state index contributed by atoms with van der Waals surface area (Å²) >= 11 is 0. The molecule has 0 amide bonds. The molecule has 0 aliphatic rings. The molecule has 0 spiro atoms. The first-order valence-electron chi connectivity index (χ1n) is 7.53. The number of guanidine groups is 1. The molecule has 138 valence electrons. The fourth-order valence-electron chi connectivity index (χ4n) is 1.58. The molecule has 0 aliphatic heterocycles. The maximum absolute atomic E-state index is 13.1. The van der Waals surface area contributed by atoms with Crippen LogP contribution in [0.5, 0.6) is 5.75 Å². The summed E-state index contributed by atoms with van der Waals surface area (Å²) in [6.45, 7) is 7.86. The lowest BCUT2D eigenvalue weighted by Gasteiger charge is -2.21. The number of nitrogens with one attached hydrogen (secondary N) is 2. The number of benzene rings is 1. The Morgan fingerprint density at radius 1 is 1.21 bits per heavy atom. The van der Waals surface area contributed by atoms with E-state index in [1.165, 1.54) is 6.07 Å². The summed E-state index contributed by atoms with van der Waals surface area (Å²) in [5, 5.41) is 6.22. The second-order valence-corrected chi connectivity index (χ2v) is 5.51. The number of methoxy groups -OCH3 is 1. The molecule has 5 nitrogen and oxygen atoms in total. The molecule has 2 N–H and O–H groups in total. The van der Waals surface area contributed by atoms with Gasteiger partial charge in [0.05, 0.1) is 18.7 Å². The van der Waals surface area contributed by atoms with E-state index in [4.69, 9.17) is 9.47 Å². The van der Waals surface area contributed by atoms with E-state index in [-0.39, 0.29) is 35.3 Å². The minimum atomic E-state index is -0.924. The van der Waals surface area contributed by atoms with Crippen LogP contribution < -0.4 is 15.4 Å². The van der Waals surface area contributed by atoms with E-state index in [1.54, 1.807) is 7.11 Å². The Balaban J connectivity index is 0.00000529. The number of hydrogen-bond acceptors (Lipinski definition) is 3. The first-order chi connectivity index (χ1) is 10.9. The van der Waals surface area contributed by atoms with Gasteiger partial charge in [-0.05, 0) is 32.9 Å². The Bertz CT molecular complexity index is 528. The topological polar surface area (TPSA) is 54.9 Å². The summed E-state index contributed by atoms with van der Waals surface area (Å²) in [7, 11) is 1.64. The van der Waals surface area contributed by atoms with Gasteiger partial charge in [-0.3, -0.25) is 4.99 Å². The smallest absolute Gasteiger partial charge is 0.191 e. The van der Waals surface area contributed by atoms with Gasteiger partial charge in [-0.2, -0.15) is 0 Å². The minimum absolute atomic E-state index is 0. The highest BCUT2D eigenvalue weighted by Crippen LogP contribution is 2.14. The minimum Gasteiger partial charge on any atom is -0.492 e. The molecule has 0 atom stereocenters. The number of hydrogen-bond donors (Lipinski definition) is 2.